The molecule has 1 unspecified atom stereocenters. The van der Waals surface area contributed by atoms with Gasteiger partial charge in [0.2, 0.25) is 0 Å². The van der Waals surface area contributed by atoms with Crippen molar-refractivity contribution in [3.05, 3.63) is 0 Å². The Kier molecular flexibility index (Phi) is 29.4. The minimum absolute atomic E-state index is 0.219. The molecule has 0 aromatic rings. The second kappa shape index (κ2) is 30.1. The summed E-state index contributed by atoms with van der Waals surface area (Å²) < 4.78 is 26.2. The van der Waals surface area contributed by atoms with E-state index in [4.69, 9.17) is 19.3 Å². The zero-order valence-electron chi connectivity index (χ0n) is 27.2. The summed E-state index contributed by atoms with van der Waals surface area (Å²) in [6.07, 6.45) is 28.3. The summed E-state index contributed by atoms with van der Waals surface area (Å²) in [4.78, 5) is 42.4. The molecule has 2 N–H and O–H groups in total. The molecular formula is C33H65O8P. The Morgan fingerprint density at radius 1 is 0.524 bits per heavy atom. The van der Waals surface area contributed by atoms with Crippen molar-refractivity contribution >= 4 is 19.8 Å². The molecule has 0 aliphatic rings. The fourth-order valence-corrected chi connectivity index (χ4v) is 5.38. The lowest BCUT2D eigenvalue weighted by molar-refractivity contribution is -0.161. The van der Waals surface area contributed by atoms with Gasteiger partial charge in [0.25, 0.3) is 0 Å². The Hall–Kier alpha value is -0.950. The normalized spacial score (nSPS) is 12.4. The molecule has 0 aromatic carbocycles. The minimum atomic E-state index is -4.73. The molecule has 0 aliphatic carbocycles. The van der Waals surface area contributed by atoms with Crippen molar-refractivity contribution in [1.29, 1.82) is 0 Å². The number of carbonyl (C=O) groups excluding carboxylic acids is 2. The van der Waals surface area contributed by atoms with Crippen LogP contribution in [0.4, 0.5) is 0 Å². The third-order valence-electron chi connectivity index (χ3n) is 7.63. The number of phosphoric ester groups is 1. The van der Waals surface area contributed by atoms with Crippen LogP contribution in [0.2, 0.25) is 0 Å². The first-order chi connectivity index (χ1) is 20.3. The van der Waals surface area contributed by atoms with Gasteiger partial charge in [0.1, 0.15) is 6.61 Å². The zero-order chi connectivity index (χ0) is 31.2. The van der Waals surface area contributed by atoms with Crippen molar-refractivity contribution in [2.75, 3.05) is 13.2 Å². The van der Waals surface area contributed by atoms with Crippen LogP contribution >= 0.6 is 7.82 Å². The number of unbranched alkanes of at least 4 members (excludes halogenated alkanes) is 22. The van der Waals surface area contributed by atoms with Crippen molar-refractivity contribution in [1.82, 2.24) is 0 Å². The molecule has 0 fully saturated rings. The highest BCUT2D eigenvalue weighted by Gasteiger charge is 2.22. The van der Waals surface area contributed by atoms with Crippen molar-refractivity contribution in [3.8, 4) is 0 Å². The van der Waals surface area contributed by atoms with Gasteiger partial charge < -0.3 is 19.3 Å². The summed E-state index contributed by atoms with van der Waals surface area (Å²) in [5, 5.41) is 0. The van der Waals surface area contributed by atoms with Crippen LogP contribution in [0.15, 0.2) is 0 Å². The van der Waals surface area contributed by atoms with Gasteiger partial charge in [0.05, 0.1) is 6.61 Å². The van der Waals surface area contributed by atoms with Gasteiger partial charge in [-0.15, -0.1) is 0 Å². The lowest BCUT2D eigenvalue weighted by atomic mass is 10.0. The molecule has 0 bridgehead atoms. The standard InChI is InChI=1S/C33H65O8P/c1-3-5-7-9-11-13-14-15-16-17-18-20-22-24-26-28-33(35)41-31(30-40-42(36,37)38)29-39-32(34)27-25-23-21-19-12-10-8-6-4-2/h31H,3-30H2,1-2H3,(H2,36,37,38). The summed E-state index contributed by atoms with van der Waals surface area (Å²) >= 11 is 0. The summed E-state index contributed by atoms with van der Waals surface area (Å²) in [5.41, 5.74) is 0. The van der Waals surface area contributed by atoms with Gasteiger partial charge in [0, 0.05) is 12.8 Å². The molecule has 0 radical (unpaired) electrons. The van der Waals surface area contributed by atoms with Crippen LogP contribution in [0, 0.1) is 0 Å². The van der Waals surface area contributed by atoms with E-state index in [0.717, 1.165) is 32.1 Å². The summed E-state index contributed by atoms with van der Waals surface area (Å²) in [5.74, 6) is -0.878. The monoisotopic (exact) mass is 620 g/mol. The van der Waals surface area contributed by atoms with Gasteiger partial charge in [-0.25, -0.2) is 4.57 Å². The first kappa shape index (κ1) is 41.0. The van der Waals surface area contributed by atoms with E-state index < -0.39 is 32.5 Å². The van der Waals surface area contributed by atoms with Gasteiger partial charge in [-0.1, -0.05) is 155 Å². The van der Waals surface area contributed by atoms with Crippen LogP contribution in [0.25, 0.3) is 0 Å². The van der Waals surface area contributed by atoms with Crippen LogP contribution in [0.1, 0.15) is 181 Å². The number of hydrogen-bond donors (Lipinski definition) is 2. The summed E-state index contributed by atoms with van der Waals surface area (Å²) in [7, 11) is -4.73. The van der Waals surface area contributed by atoms with E-state index in [2.05, 4.69) is 18.4 Å². The maximum Gasteiger partial charge on any atom is 0.469 e. The minimum Gasteiger partial charge on any atom is -0.462 e. The third-order valence-corrected chi connectivity index (χ3v) is 8.11. The molecule has 0 rings (SSSR count). The molecule has 0 saturated heterocycles. The van der Waals surface area contributed by atoms with Crippen molar-refractivity contribution in [2.24, 2.45) is 0 Å². The molecule has 0 heterocycles. The number of carbonyl (C=O) groups is 2. The average Bonchev–Trinajstić information content (AvgIpc) is 2.95. The molecule has 1 atom stereocenters. The molecule has 9 heteroatoms. The maximum atomic E-state index is 12.3. The Bertz CT molecular complexity index is 666. The Labute approximate surface area is 257 Å². The van der Waals surface area contributed by atoms with Gasteiger partial charge in [-0.2, -0.15) is 0 Å². The fourth-order valence-electron chi connectivity index (χ4n) is 5.02. The van der Waals surface area contributed by atoms with E-state index >= 15 is 0 Å². The van der Waals surface area contributed by atoms with Gasteiger partial charge in [-0.05, 0) is 12.8 Å². The largest absolute Gasteiger partial charge is 0.469 e. The highest BCUT2D eigenvalue weighted by molar-refractivity contribution is 7.46. The highest BCUT2D eigenvalue weighted by atomic mass is 31.2. The first-order valence-electron chi connectivity index (χ1n) is 17.3. The Morgan fingerprint density at radius 2 is 0.857 bits per heavy atom. The maximum absolute atomic E-state index is 12.3. The number of hydrogen-bond acceptors (Lipinski definition) is 6. The van der Waals surface area contributed by atoms with E-state index in [1.54, 1.807) is 0 Å². The second-order valence-corrected chi connectivity index (χ2v) is 13.1. The predicted octanol–water partition coefficient (Wildman–Crippen LogP) is 9.73. The highest BCUT2D eigenvalue weighted by Crippen LogP contribution is 2.36. The summed E-state index contributed by atoms with van der Waals surface area (Å²) in [6, 6.07) is 0. The van der Waals surface area contributed by atoms with E-state index in [1.807, 2.05) is 0 Å². The number of esters is 2. The van der Waals surface area contributed by atoms with Gasteiger partial charge in [0.15, 0.2) is 6.10 Å². The van der Waals surface area contributed by atoms with Crippen LogP contribution in [-0.4, -0.2) is 41.0 Å². The number of phosphoric acid groups is 1. The van der Waals surface area contributed by atoms with E-state index in [-0.39, 0.29) is 19.4 Å². The zero-order valence-corrected chi connectivity index (χ0v) is 28.1. The molecule has 0 spiro atoms. The van der Waals surface area contributed by atoms with Crippen molar-refractivity contribution < 1.29 is 37.9 Å². The van der Waals surface area contributed by atoms with Gasteiger partial charge >= 0.3 is 19.8 Å². The quantitative estimate of drug-likeness (QED) is 0.0433. The van der Waals surface area contributed by atoms with Crippen molar-refractivity contribution in [2.45, 2.75) is 187 Å². The molecule has 250 valence electrons. The predicted molar refractivity (Wildman–Crippen MR) is 170 cm³/mol. The van der Waals surface area contributed by atoms with Crippen LogP contribution < -0.4 is 0 Å². The summed E-state index contributed by atoms with van der Waals surface area (Å²) in [6.45, 7) is 3.65. The van der Waals surface area contributed by atoms with E-state index in [1.165, 1.54) is 116 Å². The molecule has 0 saturated carbocycles. The smallest absolute Gasteiger partial charge is 0.462 e. The van der Waals surface area contributed by atoms with Crippen molar-refractivity contribution in [3.63, 3.8) is 0 Å². The molecule has 8 nitrogen and oxygen atoms in total. The topological polar surface area (TPSA) is 119 Å². The van der Waals surface area contributed by atoms with Crippen LogP contribution in [-0.2, 0) is 28.2 Å². The molecule has 42 heavy (non-hydrogen) atoms. The first-order valence-corrected chi connectivity index (χ1v) is 18.9. The Morgan fingerprint density at radius 3 is 1.21 bits per heavy atom. The Balaban J connectivity index is 3.94. The number of ether oxygens (including phenoxy) is 2. The molecule has 0 aromatic heterocycles. The number of rotatable bonds is 32. The second-order valence-electron chi connectivity index (χ2n) is 11.9. The SMILES string of the molecule is CCCCCCCCCCCCCCCCCC(=O)OC(COC(=O)CCCCCCCCCCC)COP(=O)(O)O. The lowest BCUT2D eigenvalue weighted by Gasteiger charge is -2.18. The average molecular weight is 621 g/mol. The fraction of sp³-hybridized carbons (Fsp3) is 0.939. The molecular weight excluding hydrogens is 555 g/mol. The molecule has 0 amide bonds. The van der Waals surface area contributed by atoms with E-state index in [9.17, 15) is 14.2 Å². The third kappa shape index (κ3) is 32.0. The van der Waals surface area contributed by atoms with Crippen LogP contribution in [0.3, 0.4) is 0 Å². The lowest BCUT2D eigenvalue weighted by Crippen LogP contribution is -2.29. The van der Waals surface area contributed by atoms with E-state index in [0.29, 0.717) is 6.42 Å². The molecule has 0 aliphatic heterocycles. The van der Waals surface area contributed by atoms with Gasteiger partial charge in [-0.3, -0.25) is 14.1 Å². The van der Waals surface area contributed by atoms with Crippen LogP contribution in [0.5, 0.6) is 0 Å².